The van der Waals surface area contributed by atoms with Crippen molar-refractivity contribution in [3.63, 3.8) is 0 Å². The van der Waals surface area contributed by atoms with E-state index in [1.165, 1.54) is 23.5 Å². The molecule has 3 N–H and O–H groups in total. The van der Waals surface area contributed by atoms with Crippen LogP contribution in [0.1, 0.15) is 33.3 Å². The summed E-state index contributed by atoms with van der Waals surface area (Å²) in [6, 6.07) is 7.97. The SMILES string of the molecule is Cn1nccc1-c1csc(C(=O)NCC[C@H](N)c2ccc(C(F)(F)F)cc2)c1. The van der Waals surface area contributed by atoms with Gasteiger partial charge in [-0.2, -0.15) is 18.3 Å². The molecule has 0 unspecified atom stereocenters. The van der Waals surface area contributed by atoms with Crippen molar-refractivity contribution >= 4 is 17.2 Å². The quantitative estimate of drug-likeness (QED) is 0.648. The summed E-state index contributed by atoms with van der Waals surface area (Å²) in [5.74, 6) is -0.210. The largest absolute Gasteiger partial charge is 0.416 e. The Morgan fingerprint density at radius 3 is 2.61 bits per heavy atom. The molecular formula is C19H19F3N4OS. The van der Waals surface area contributed by atoms with E-state index in [0.717, 1.165) is 23.4 Å². The average Bonchev–Trinajstić information content (AvgIpc) is 3.29. The van der Waals surface area contributed by atoms with Crippen molar-refractivity contribution in [3.05, 3.63) is 64.0 Å². The smallest absolute Gasteiger partial charge is 0.351 e. The molecule has 3 rings (SSSR count). The maximum Gasteiger partial charge on any atom is 0.416 e. The summed E-state index contributed by atoms with van der Waals surface area (Å²) in [4.78, 5) is 12.9. The van der Waals surface area contributed by atoms with E-state index in [-0.39, 0.29) is 5.91 Å². The third-order valence-corrected chi connectivity index (χ3v) is 5.28. The van der Waals surface area contributed by atoms with Gasteiger partial charge in [0.15, 0.2) is 0 Å². The Bertz CT molecular complexity index is 947. The molecule has 1 aromatic carbocycles. The number of nitrogens with one attached hydrogen (secondary N) is 1. The Morgan fingerprint density at radius 2 is 2.00 bits per heavy atom. The summed E-state index contributed by atoms with van der Waals surface area (Å²) in [5.41, 5.74) is 7.74. The number of benzene rings is 1. The number of nitrogens with zero attached hydrogens (tertiary/aromatic N) is 2. The minimum absolute atomic E-state index is 0.210. The summed E-state index contributed by atoms with van der Waals surface area (Å²) < 4.78 is 39.5. The van der Waals surface area contributed by atoms with Crippen LogP contribution in [-0.2, 0) is 13.2 Å². The highest BCUT2D eigenvalue weighted by atomic mass is 32.1. The summed E-state index contributed by atoms with van der Waals surface area (Å²) in [6.45, 7) is 0.319. The molecule has 148 valence electrons. The fourth-order valence-corrected chi connectivity index (χ4v) is 3.58. The molecule has 1 amide bonds. The lowest BCUT2D eigenvalue weighted by Gasteiger charge is -2.14. The second-order valence-corrected chi connectivity index (χ2v) is 7.22. The van der Waals surface area contributed by atoms with Crippen molar-refractivity contribution in [2.75, 3.05) is 6.54 Å². The third kappa shape index (κ3) is 4.60. The molecule has 0 spiro atoms. The van der Waals surface area contributed by atoms with Gasteiger partial charge in [0.05, 0.1) is 16.1 Å². The van der Waals surface area contributed by atoms with Gasteiger partial charge in [-0.05, 0) is 36.2 Å². The molecule has 0 aliphatic heterocycles. The van der Waals surface area contributed by atoms with E-state index < -0.39 is 17.8 Å². The zero-order valence-corrected chi connectivity index (χ0v) is 15.8. The van der Waals surface area contributed by atoms with E-state index in [1.807, 2.05) is 18.5 Å². The zero-order chi connectivity index (χ0) is 20.3. The van der Waals surface area contributed by atoms with Crippen LogP contribution in [0.25, 0.3) is 11.3 Å². The second kappa shape index (κ2) is 8.15. The zero-order valence-electron chi connectivity index (χ0n) is 15.0. The van der Waals surface area contributed by atoms with Crippen LogP contribution >= 0.6 is 11.3 Å². The molecule has 1 atom stereocenters. The summed E-state index contributed by atoms with van der Waals surface area (Å²) in [6.07, 6.45) is -2.27. The highest BCUT2D eigenvalue weighted by molar-refractivity contribution is 7.12. The average molecular weight is 408 g/mol. The lowest BCUT2D eigenvalue weighted by atomic mass is 10.0. The van der Waals surface area contributed by atoms with Crippen molar-refractivity contribution in [2.45, 2.75) is 18.6 Å². The van der Waals surface area contributed by atoms with Crippen LogP contribution in [0.4, 0.5) is 13.2 Å². The first-order valence-electron chi connectivity index (χ1n) is 8.53. The first kappa shape index (κ1) is 20.1. The number of rotatable bonds is 6. The number of halogens is 3. The number of alkyl halides is 3. The Morgan fingerprint density at radius 1 is 1.29 bits per heavy atom. The fraction of sp³-hybridized carbons (Fsp3) is 0.263. The van der Waals surface area contributed by atoms with Gasteiger partial charge >= 0.3 is 6.18 Å². The predicted octanol–water partition coefficient (Wildman–Crippen LogP) is 3.99. The number of hydrogen-bond donors (Lipinski definition) is 2. The van der Waals surface area contributed by atoms with Crippen molar-refractivity contribution in [3.8, 4) is 11.3 Å². The van der Waals surface area contributed by atoms with Crippen LogP contribution in [-0.4, -0.2) is 22.2 Å². The van der Waals surface area contributed by atoms with Crippen molar-refractivity contribution in [1.29, 1.82) is 0 Å². The van der Waals surface area contributed by atoms with E-state index in [2.05, 4.69) is 10.4 Å². The number of aromatic nitrogens is 2. The normalized spacial score (nSPS) is 12.8. The molecule has 0 radical (unpaired) electrons. The molecule has 0 bridgehead atoms. The molecule has 0 saturated heterocycles. The molecule has 28 heavy (non-hydrogen) atoms. The summed E-state index contributed by atoms with van der Waals surface area (Å²) >= 11 is 1.33. The van der Waals surface area contributed by atoms with Crippen LogP contribution in [0.5, 0.6) is 0 Å². The van der Waals surface area contributed by atoms with E-state index in [0.29, 0.717) is 23.4 Å². The molecule has 5 nitrogen and oxygen atoms in total. The first-order valence-corrected chi connectivity index (χ1v) is 9.41. The van der Waals surface area contributed by atoms with Gasteiger partial charge in [0.1, 0.15) is 0 Å². The second-order valence-electron chi connectivity index (χ2n) is 6.31. The van der Waals surface area contributed by atoms with Crippen LogP contribution in [0, 0.1) is 0 Å². The van der Waals surface area contributed by atoms with Gasteiger partial charge in [0.25, 0.3) is 5.91 Å². The van der Waals surface area contributed by atoms with Crippen LogP contribution < -0.4 is 11.1 Å². The monoisotopic (exact) mass is 408 g/mol. The third-order valence-electron chi connectivity index (χ3n) is 4.35. The fourth-order valence-electron chi connectivity index (χ4n) is 2.76. The van der Waals surface area contributed by atoms with Crippen LogP contribution in [0.2, 0.25) is 0 Å². The van der Waals surface area contributed by atoms with E-state index in [4.69, 9.17) is 5.73 Å². The number of carbonyl (C=O) groups is 1. The van der Waals surface area contributed by atoms with Gasteiger partial charge < -0.3 is 11.1 Å². The lowest BCUT2D eigenvalue weighted by Crippen LogP contribution is -2.26. The van der Waals surface area contributed by atoms with Gasteiger partial charge in [0.2, 0.25) is 0 Å². The Kier molecular flexibility index (Phi) is 5.85. The standard InChI is InChI=1S/C19H19F3N4OS/c1-26-16(7-9-25-26)13-10-17(28-11-13)18(27)24-8-6-15(23)12-2-4-14(5-3-12)19(20,21)22/h2-5,7,9-11,15H,6,8,23H2,1H3,(H,24,27)/t15-/m0/s1. The number of hydrogen-bond acceptors (Lipinski definition) is 4. The van der Waals surface area contributed by atoms with Crippen LogP contribution in [0.15, 0.2) is 48.0 Å². The van der Waals surface area contributed by atoms with Gasteiger partial charge in [-0.1, -0.05) is 12.1 Å². The van der Waals surface area contributed by atoms with Gasteiger partial charge in [-0.15, -0.1) is 11.3 Å². The molecule has 9 heteroatoms. The highest BCUT2D eigenvalue weighted by Crippen LogP contribution is 2.30. The summed E-state index contributed by atoms with van der Waals surface area (Å²) in [5, 5.41) is 8.79. The van der Waals surface area contributed by atoms with Crippen molar-refractivity contribution in [1.82, 2.24) is 15.1 Å². The molecule has 0 saturated carbocycles. The molecule has 0 aliphatic rings. The topological polar surface area (TPSA) is 72.9 Å². The maximum absolute atomic E-state index is 12.6. The molecule has 2 heterocycles. The number of thiophene rings is 1. The van der Waals surface area contributed by atoms with Crippen molar-refractivity contribution < 1.29 is 18.0 Å². The van der Waals surface area contributed by atoms with Crippen molar-refractivity contribution in [2.24, 2.45) is 12.8 Å². The van der Waals surface area contributed by atoms with Crippen LogP contribution in [0.3, 0.4) is 0 Å². The minimum atomic E-state index is -4.37. The van der Waals surface area contributed by atoms with Gasteiger partial charge in [0, 0.05) is 36.8 Å². The van der Waals surface area contributed by atoms with E-state index in [1.54, 1.807) is 16.9 Å². The van der Waals surface area contributed by atoms with E-state index >= 15 is 0 Å². The molecule has 3 aromatic rings. The van der Waals surface area contributed by atoms with Gasteiger partial charge in [-0.3, -0.25) is 9.48 Å². The Balaban J connectivity index is 1.53. The maximum atomic E-state index is 12.6. The predicted molar refractivity (Wildman–Crippen MR) is 102 cm³/mol. The summed E-state index contributed by atoms with van der Waals surface area (Å²) in [7, 11) is 1.83. The molecule has 0 aliphatic carbocycles. The Labute approximate surface area is 164 Å². The first-order chi connectivity index (χ1) is 13.3. The van der Waals surface area contributed by atoms with E-state index in [9.17, 15) is 18.0 Å². The molecule has 2 aromatic heterocycles. The highest BCUT2D eigenvalue weighted by Gasteiger charge is 2.30. The number of carbonyl (C=O) groups excluding carboxylic acids is 1. The Hall–Kier alpha value is -2.65. The lowest BCUT2D eigenvalue weighted by molar-refractivity contribution is -0.137. The van der Waals surface area contributed by atoms with Gasteiger partial charge in [-0.25, -0.2) is 0 Å². The number of amides is 1. The number of aryl methyl sites for hydroxylation is 1. The molecular weight excluding hydrogens is 389 g/mol. The minimum Gasteiger partial charge on any atom is -0.351 e. The number of nitrogens with two attached hydrogens (primary N) is 1. The molecule has 0 fully saturated rings.